The van der Waals surface area contributed by atoms with Gasteiger partial charge in [0.05, 0.1) is 13.2 Å². The number of hydrogen-bond acceptors (Lipinski definition) is 4. The lowest BCUT2D eigenvalue weighted by molar-refractivity contribution is -0.126. The molecule has 0 bridgehead atoms. The molecule has 6 nitrogen and oxygen atoms in total. The molecule has 2 aliphatic rings. The molecule has 1 aromatic carbocycles. The summed E-state index contributed by atoms with van der Waals surface area (Å²) in [5.41, 5.74) is 0.755. The van der Waals surface area contributed by atoms with Gasteiger partial charge in [-0.2, -0.15) is 0 Å². The molecule has 1 aliphatic heterocycles. The first-order valence-corrected chi connectivity index (χ1v) is 8.64. The Labute approximate surface area is 142 Å². The van der Waals surface area contributed by atoms with Crippen LogP contribution in [-0.4, -0.2) is 49.0 Å². The highest BCUT2D eigenvalue weighted by Crippen LogP contribution is 2.22. The van der Waals surface area contributed by atoms with Gasteiger partial charge in [-0.3, -0.25) is 14.5 Å². The van der Waals surface area contributed by atoms with Crippen LogP contribution in [0.3, 0.4) is 0 Å². The molecular formula is C18H25N3O3. The van der Waals surface area contributed by atoms with E-state index in [9.17, 15) is 9.59 Å². The molecule has 1 saturated carbocycles. The van der Waals surface area contributed by atoms with Crippen LogP contribution in [0.4, 0.5) is 5.69 Å². The highest BCUT2D eigenvalue weighted by atomic mass is 16.5. The second-order valence-electron chi connectivity index (χ2n) is 6.50. The summed E-state index contributed by atoms with van der Waals surface area (Å²) in [6.07, 6.45) is 4.49. The van der Waals surface area contributed by atoms with Crippen LogP contribution in [0, 0.1) is 0 Å². The molecule has 6 heteroatoms. The fourth-order valence-corrected chi connectivity index (χ4v) is 3.06. The van der Waals surface area contributed by atoms with E-state index in [0.29, 0.717) is 19.0 Å². The lowest BCUT2D eigenvalue weighted by Crippen LogP contribution is -2.44. The molecule has 130 valence electrons. The lowest BCUT2D eigenvalue weighted by atomic mass is 10.2. The zero-order chi connectivity index (χ0) is 16.9. The number of nitrogens with one attached hydrogen (secondary N) is 2. The second kappa shape index (κ2) is 7.66. The minimum Gasteiger partial charge on any atom is -0.497 e. The molecule has 2 N–H and O–H groups in total. The molecule has 0 aromatic heterocycles. The van der Waals surface area contributed by atoms with Gasteiger partial charge in [-0.25, -0.2) is 0 Å². The number of carbonyl (C=O) groups excluding carboxylic acids is 2. The molecule has 1 aliphatic carbocycles. The van der Waals surface area contributed by atoms with E-state index < -0.39 is 0 Å². The van der Waals surface area contributed by atoms with Gasteiger partial charge in [-0.1, -0.05) is 0 Å². The van der Waals surface area contributed by atoms with Gasteiger partial charge in [-0.05, 0) is 56.5 Å². The van der Waals surface area contributed by atoms with Crippen LogP contribution in [0.1, 0.15) is 32.1 Å². The molecule has 1 aromatic rings. The molecule has 1 heterocycles. The highest BCUT2D eigenvalue weighted by molar-refractivity contribution is 5.91. The Morgan fingerprint density at radius 1 is 1.21 bits per heavy atom. The molecule has 1 atom stereocenters. The van der Waals surface area contributed by atoms with Crippen LogP contribution in [0.2, 0.25) is 0 Å². The fourth-order valence-electron chi connectivity index (χ4n) is 3.06. The van der Waals surface area contributed by atoms with Gasteiger partial charge in [0.25, 0.3) is 0 Å². The number of nitrogens with zero attached hydrogens (tertiary/aromatic N) is 1. The summed E-state index contributed by atoms with van der Waals surface area (Å²) in [4.78, 5) is 26.5. The summed E-state index contributed by atoms with van der Waals surface area (Å²) >= 11 is 0. The van der Waals surface area contributed by atoms with Gasteiger partial charge in [0, 0.05) is 24.7 Å². The molecule has 24 heavy (non-hydrogen) atoms. The zero-order valence-corrected chi connectivity index (χ0v) is 14.1. The first kappa shape index (κ1) is 16.8. The second-order valence-corrected chi connectivity index (χ2v) is 6.50. The van der Waals surface area contributed by atoms with Crippen molar-refractivity contribution in [2.24, 2.45) is 0 Å². The van der Waals surface area contributed by atoms with Crippen molar-refractivity contribution in [1.82, 2.24) is 10.2 Å². The van der Waals surface area contributed by atoms with Crippen LogP contribution in [0.15, 0.2) is 24.3 Å². The van der Waals surface area contributed by atoms with E-state index in [1.165, 1.54) is 0 Å². The predicted octanol–water partition coefficient (Wildman–Crippen LogP) is 1.77. The number of ether oxygens (including phenoxy) is 1. The van der Waals surface area contributed by atoms with Crippen LogP contribution in [0.25, 0.3) is 0 Å². The number of hydrogen-bond donors (Lipinski definition) is 2. The van der Waals surface area contributed by atoms with E-state index >= 15 is 0 Å². The van der Waals surface area contributed by atoms with E-state index in [1.54, 1.807) is 7.11 Å². The van der Waals surface area contributed by atoms with E-state index in [1.807, 2.05) is 24.3 Å². The summed E-state index contributed by atoms with van der Waals surface area (Å²) in [5, 5.41) is 5.95. The van der Waals surface area contributed by atoms with Crippen LogP contribution < -0.4 is 15.4 Å². The first-order chi connectivity index (χ1) is 11.7. The Balaban J connectivity index is 1.44. The number of methoxy groups -OCH3 is 1. The predicted molar refractivity (Wildman–Crippen MR) is 92.0 cm³/mol. The van der Waals surface area contributed by atoms with E-state index in [0.717, 1.165) is 43.7 Å². The lowest BCUT2D eigenvalue weighted by Gasteiger charge is -2.23. The number of likely N-dealkylation sites (tertiary alicyclic amines) is 1. The number of anilines is 1. The van der Waals surface area contributed by atoms with E-state index in [-0.39, 0.29) is 17.9 Å². The smallest absolute Gasteiger partial charge is 0.237 e. The average Bonchev–Trinajstić information content (AvgIpc) is 3.27. The monoisotopic (exact) mass is 331 g/mol. The van der Waals surface area contributed by atoms with Crippen molar-refractivity contribution in [3.63, 3.8) is 0 Å². The Bertz CT molecular complexity index is 584. The van der Waals surface area contributed by atoms with Crippen molar-refractivity contribution in [3.8, 4) is 5.75 Å². The molecular weight excluding hydrogens is 306 g/mol. The highest BCUT2D eigenvalue weighted by Gasteiger charge is 2.33. The van der Waals surface area contributed by atoms with Crippen LogP contribution in [-0.2, 0) is 9.59 Å². The van der Waals surface area contributed by atoms with Gasteiger partial charge >= 0.3 is 0 Å². The standard InChI is InChI=1S/C18H25N3O3/c1-24-15-8-6-13(7-9-15)19-17(22)10-12-21-11-2-3-16(21)18(23)20-14-4-5-14/h6-9,14,16H,2-5,10-12H2,1H3,(H,19,22)(H,20,23)/t16-/m0/s1. The quantitative estimate of drug-likeness (QED) is 0.799. The molecule has 3 rings (SSSR count). The zero-order valence-electron chi connectivity index (χ0n) is 14.1. The number of benzene rings is 1. The van der Waals surface area contributed by atoms with E-state index in [4.69, 9.17) is 4.74 Å². The van der Waals surface area contributed by atoms with Crippen LogP contribution in [0.5, 0.6) is 5.75 Å². The largest absolute Gasteiger partial charge is 0.497 e. The molecule has 0 spiro atoms. The normalized spacial score (nSPS) is 20.6. The average molecular weight is 331 g/mol. The summed E-state index contributed by atoms with van der Waals surface area (Å²) in [7, 11) is 1.61. The summed E-state index contributed by atoms with van der Waals surface area (Å²) in [6.45, 7) is 1.50. The fraction of sp³-hybridized carbons (Fsp3) is 0.556. The molecule has 2 amide bonds. The molecule has 0 radical (unpaired) electrons. The first-order valence-electron chi connectivity index (χ1n) is 8.64. The number of rotatable bonds is 7. The minimum atomic E-state index is -0.0700. The van der Waals surface area contributed by atoms with Crippen molar-refractivity contribution < 1.29 is 14.3 Å². The van der Waals surface area contributed by atoms with Crippen molar-refractivity contribution in [2.45, 2.75) is 44.2 Å². The maximum Gasteiger partial charge on any atom is 0.237 e. The summed E-state index contributed by atoms with van der Waals surface area (Å²) in [6, 6.07) is 7.58. The summed E-state index contributed by atoms with van der Waals surface area (Å²) in [5.74, 6) is 0.855. The Kier molecular flexibility index (Phi) is 5.35. The van der Waals surface area contributed by atoms with Gasteiger partial charge < -0.3 is 15.4 Å². The van der Waals surface area contributed by atoms with Crippen molar-refractivity contribution in [3.05, 3.63) is 24.3 Å². The van der Waals surface area contributed by atoms with Crippen molar-refractivity contribution in [1.29, 1.82) is 0 Å². The third-order valence-electron chi connectivity index (χ3n) is 4.59. The van der Waals surface area contributed by atoms with E-state index in [2.05, 4.69) is 15.5 Å². The van der Waals surface area contributed by atoms with Crippen molar-refractivity contribution in [2.75, 3.05) is 25.5 Å². The molecule has 0 unspecified atom stereocenters. The Hall–Kier alpha value is -2.08. The third kappa shape index (κ3) is 4.47. The van der Waals surface area contributed by atoms with Gasteiger partial charge in [0.15, 0.2) is 0 Å². The third-order valence-corrected chi connectivity index (χ3v) is 4.59. The Morgan fingerprint density at radius 3 is 2.62 bits per heavy atom. The maximum atomic E-state index is 12.2. The topological polar surface area (TPSA) is 70.7 Å². The Morgan fingerprint density at radius 2 is 1.96 bits per heavy atom. The number of carbonyl (C=O) groups is 2. The van der Waals surface area contributed by atoms with Gasteiger partial charge in [0.1, 0.15) is 5.75 Å². The number of amides is 2. The van der Waals surface area contributed by atoms with Gasteiger partial charge in [0.2, 0.25) is 11.8 Å². The SMILES string of the molecule is COc1ccc(NC(=O)CCN2CCC[C@H]2C(=O)NC2CC2)cc1. The van der Waals surface area contributed by atoms with Crippen LogP contribution >= 0.6 is 0 Å². The van der Waals surface area contributed by atoms with Crippen molar-refractivity contribution >= 4 is 17.5 Å². The van der Waals surface area contributed by atoms with Gasteiger partial charge in [-0.15, -0.1) is 0 Å². The summed E-state index contributed by atoms with van der Waals surface area (Å²) < 4.78 is 5.10. The maximum absolute atomic E-state index is 12.2. The molecule has 2 fully saturated rings. The molecule has 1 saturated heterocycles. The minimum absolute atomic E-state index is 0.0339.